The molecule has 1 aromatic rings. The molecule has 0 saturated carbocycles. The maximum absolute atomic E-state index is 12.2. The van der Waals surface area contributed by atoms with Crippen LogP contribution in [-0.2, 0) is 12.8 Å². The number of amidine groups is 1. The van der Waals surface area contributed by atoms with E-state index in [1.54, 1.807) is 0 Å². The van der Waals surface area contributed by atoms with Crippen molar-refractivity contribution in [2.24, 2.45) is 5.92 Å². The summed E-state index contributed by atoms with van der Waals surface area (Å²) in [6.45, 7) is 4.93. The van der Waals surface area contributed by atoms with Crippen LogP contribution in [0, 0.1) is 11.3 Å². The highest BCUT2D eigenvalue weighted by Crippen LogP contribution is 2.37. The van der Waals surface area contributed by atoms with Crippen LogP contribution in [0.15, 0.2) is 24.3 Å². The van der Waals surface area contributed by atoms with Crippen LogP contribution in [0.1, 0.15) is 31.4 Å². The predicted molar refractivity (Wildman–Crippen MR) is 79.0 cm³/mol. The fourth-order valence-corrected chi connectivity index (χ4v) is 3.41. The molecule has 4 heteroatoms. The van der Waals surface area contributed by atoms with Gasteiger partial charge < -0.3 is 4.90 Å². The molecule has 1 atom stereocenters. The van der Waals surface area contributed by atoms with E-state index in [1.165, 1.54) is 11.1 Å². The Hall–Kier alpha value is -1.84. The van der Waals surface area contributed by atoms with Crippen LogP contribution in [0.2, 0.25) is 0 Å². The van der Waals surface area contributed by atoms with Crippen molar-refractivity contribution in [1.82, 2.24) is 10.2 Å². The van der Waals surface area contributed by atoms with Gasteiger partial charge in [0.25, 0.3) is 0 Å². The van der Waals surface area contributed by atoms with Gasteiger partial charge in [0.05, 0.1) is 0 Å². The first-order valence-corrected chi connectivity index (χ1v) is 7.27. The molecule has 2 aliphatic rings. The van der Waals surface area contributed by atoms with Crippen molar-refractivity contribution in [3.8, 4) is 0 Å². The third-order valence-corrected chi connectivity index (χ3v) is 4.42. The molecule has 0 bridgehead atoms. The van der Waals surface area contributed by atoms with Crippen molar-refractivity contribution in [2.75, 3.05) is 6.54 Å². The summed E-state index contributed by atoms with van der Waals surface area (Å²) in [5.41, 5.74) is 2.18. The van der Waals surface area contributed by atoms with Crippen LogP contribution in [0.25, 0.3) is 0 Å². The molecular formula is C16H21N3O. The smallest absolute Gasteiger partial charge is 0.311 e. The molecule has 0 radical (unpaired) electrons. The van der Waals surface area contributed by atoms with E-state index in [-0.39, 0.29) is 6.03 Å². The number of nitrogens with one attached hydrogen (secondary N) is 2. The summed E-state index contributed by atoms with van der Waals surface area (Å²) in [6.07, 6.45) is 2.53. The molecule has 106 valence electrons. The molecule has 1 aliphatic heterocycles. The van der Waals surface area contributed by atoms with Gasteiger partial charge in [-0.1, -0.05) is 38.1 Å². The average Bonchev–Trinajstić information content (AvgIpc) is 2.63. The molecule has 1 unspecified atom stereocenters. The van der Waals surface area contributed by atoms with Crippen molar-refractivity contribution >= 4 is 11.9 Å². The SMILES string of the molecule is CC(C)CN1C(=O)NC(=N)C12CCc1ccccc1C2. The van der Waals surface area contributed by atoms with Gasteiger partial charge in [0.1, 0.15) is 11.4 Å². The molecule has 2 amide bonds. The zero-order valence-electron chi connectivity index (χ0n) is 12.1. The molecule has 1 fully saturated rings. The van der Waals surface area contributed by atoms with Crippen molar-refractivity contribution in [2.45, 2.75) is 38.6 Å². The number of urea groups is 1. The quantitative estimate of drug-likeness (QED) is 0.853. The number of carbonyl (C=O) groups is 1. The molecule has 1 aliphatic carbocycles. The monoisotopic (exact) mass is 271 g/mol. The van der Waals surface area contributed by atoms with E-state index in [4.69, 9.17) is 5.41 Å². The van der Waals surface area contributed by atoms with Crippen molar-refractivity contribution in [3.63, 3.8) is 0 Å². The molecule has 3 rings (SSSR count). The van der Waals surface area contributed by atoms with Gasteiger partial charge >= 0.3 is 6.03 Å². The third-order valence-electron chi connectivity index (χ3n) is 4.42. The molecule has 1 spiro atoms. The van der Waals surface area contributed by atoms with Crippen LogP contribution in [0.4, 0.5) is 4.79 Å². The van der Waals surface area contributed by atoms with Gasteiger partial charge in [-0.3, -0.25) is 10.7 Å². The highest BCUT2D eigenvalue weighted by molar-refractivity contribution is 6.08. The summed E-state index contributed by atoms with van der Waals surface area (Å²) < 4.78 is 0. The number of aryl methyl sites for hydroxylation is 1. The Labute approximate surface area is 119 Å². The largest absolute Gasteiger partial charge is 0.323 e. The minimum absolute atomic E-state index is 0.108. The third kappa shape index (κ3) is 1.90. The molecule has 4 nitrogen and oxygen atoms in total. The minimum atomic E-state index is -0.449. The van der Waals surface area contributed by atoms with Gasteiger partial charge in [-0.2, -0.15) is 0 Å². The minimum Gasteiger partial charge on any atom is -0.311 e. The van der Waals surface area contributed by atoms with Gasteiger partial charge in [0, 0.05) is 13.0 Å². The van der Waals surface area contributed by atoms with Crippen molar-refractivity contribution < 1.29 is 4.79 Å². The molecule has 20 heavy (non-hydrogen) atoms. The lowest BCUT2D eigenvalue weighted by atomic mass is 9.76. The Morgan fingerprint density at radius 3 is 2.75 bits per heavy atom. The first-order chi connectivity index (χ1) is 9.53. The number of hydrogen-bond donors (Lipinski definition) is 2. The van der Waals surface area contributed by atoms with Crippen LogP contribution in [0.3, 0.4) is 0 Å². The van der Waals surface area contributed by atoms with Gasteiger partial charge in [-0.05, 0) is 29.9 Å². The molecular weight excluding hydrogens is 250 g/mol. The number of carbonyl (C=O) groups excluding carboxylic acids is 1. The Morgan fingerprint density at radius 1 is 1.35 bits per heavy atom. The first kappa shape index (κ1) is 13.2. The summed E-state index contributed by atoms with van der Waals surface area (Å²) in [5, 5.41) is 11.0. The fourth-order valence-electron chi connectivity index (χ4n) is 3.41. The topological polar surface area (TPSA) is 56.2 Å². The number of nitrogens with zero attached hydrogens (tertiary/aromatic N) is 1. The number of fused-ring (bicyclic) bond motifs is 1. The Balaban J connectivity index is 1.98. The maximum atomic E-state index is 12.2. The van der Waals surface area contributed by atoms with Gasteiger partial charge in [-0.15, -0.1) is 0 Å². The average molecular weight is 271 g/mol. The highest BCUT2D eigenvalue weighted by Gasteiger charge is 2.51. The second-order valence-corrected chi connectivity index (χ2v) is 6.29. The normalized spacial score (nSPS) is 25.2. The van der Waals surface area contributed by atoms with Crippen LogP contribution >= 0.6 is 0 Å². The number of amides is 2. The lowest BCUT2D eigenvalue weighted by Gasteiger charge is -2.41. The van der Waals surface area contributed by atoms with Crippen LogP contribution in [0.5, 0.6) is 0 Å². The van der Waals surface area contributed by atoms with E-state index < -0.39 is 5.54 Å². The molecule has 2 N–H and O–H groups in total. The highest BCUT2D eigenvalue weighted by atomic mass is 16.2. The van der Waals surface area contributed by atoms with Crippen molar-refractivity contribution in [3.05, 3.63) is 35.4 Å². The second kappa shape index (κ2) is 4.62. The van der Waals surface area contributed by atoms with Gasteiger partial charge in [-0.25, -0.2) is 4.79 Å². The second-order valence-electron chi connectivity index (χ2n) is 6.29. The van der Waals surface area contributed by atoms with Gasteiger partial charge in [0.15, 0.2) is 0 Å². The Kier molecular flexibility index (Phi) is 3.04. The summed E-state index contributed by atoms with van der Waals surface area (Å²) in [5.74, 6) is 0.776. The van der Waals surface area contributed by atoms with E-state index in [1.807, 2.05) is 11.0 Å². The van der Waals surface area contributed by atoms with Crippen LogP contribution in [-0.4, -0.2) is 28.9 Å². The first-order valence-electron chi connectivity index (χ1n) is 7.27. The number of rotatable bonds is 2. The van der Waals surface area contributed by atoms with E-state index in [9.17, 15) is 4.79 Å². The molecule has 1 aromatic carbocycles. The van der Waals surface area contributed by atoms with E-state index in [0.717, 1.165) is 19.3 Å². The van der Waals surface area contributed by atoms with Crippen LogP contribution < -0.4 is 5.32 Å². The Bertz CT molecular complexity index is 567. The lowest BCUT2D eigenvalue weighted by molar-refractivity contribution is 0.152. The predicted octanol–water partition coefficient (Wildman–Crippen LogP) is 2.57. The lowest BCUT2D eigenvalue weighted by Crippen LogP contribution is -2.54. The zero-order chi connectivity index (χ0) is 14.3. The molecule has 0 aromatic heterocycles. The maximum Gasteiger partial charge on any atom is 0.323 e. The summed E-state index contributed by atoms with van der Waals surface area (Å²) >= 11 is 0. The molecule has 1 saturated heterocycles. The number of hydrogen-bond acceptors (Lipinski definition) is 2. The summed E-state index contributed by atoms with van der Waals surface area (Å²) in [6, 6.07) is 8.27. The number of benzene rings is 1. The Morgan fingerprint density at radius 2 is 2.05 bits per heavy atom. The summed E-state index contributed by atoms with van der Waals surface area (Å²) in [4.78, 5) is 14.1. The fraction of sp³-hybridized carbons (Fsp3) is 0.500. The van der Waals surface area contributed by atoms with E-state index >= 15 is 0 Å². The molecule has 1 heterocycles. The van der Waals surface area contributed by atoms with Crippen molar-refractivity contribution in [1.29, 1.82) is 5.41 Å². The van der Waals surface area contributed by atoms with Gasteiger partial charge in [0.2, 0.25) is 0 Å². The van der Waals surface area contributed by atoms with E-state index in [0.29, 0.717) is 18.3 Å². The van der Waals surface area contributed by atoms with E-state index in [2.05, 4.69) is 37.4 Å². The summed E-state index contributed by atoms with van der Waals surface area (Å²) in [7, 11) is 0. The zero-order valence-corrected chi connectivity index (χ0v) is 12.1. The standard InChI is InChI=1S/C16H21N3O/c1-11(2)10-19-15(20)18-14(17)16(19)8-7-12-5-3-4-6-13(12)9-16/h3-6,11H,7-10H2,1-2H3,(H2,17,18,20).